The van der Waals surface area contributed by atoms with Crippen LogP contribution in [0, 0.1) is 0 Å². The molecule has 1 unspecified atom stereocenters. The minimum absolute atomic E-state index is 0.136. The minimum Gasteiger partial charge on any atom is -0.390 e. The Labute approximate surface area is 65.4 Å². The highest BCUT2D eigenvalue weighted by Gasteiger charge is 2.34. The fourth-order valence-electron chi connectivity index (χ4n) is 1.19. The number of aliphatic hydroxyl groups is 3. The van der Waals surface area contributed by atoms with Gasteiger partial charge in [-0.15, -0.1) is 0 Å². The summed E-state index contributed by atoms with van der Waals surface area (Å²) >= 11 is 0. The van der Waals surface area contributed by atoms with Crippen molar-refractivity contribution in [2.45, 2.75) is 44.4 Å². The smallest absolute Gasteiger partial charge is 0.183 e. The predicted octanol–water partition coefficient (Wildman–Crippen LogP) is -0.775. The van der Waals surface area contributed by atoms with Crippen molar-refractivity contribution in [3.05, 3.63) is 0 Å². The van der Waals surface area contributed by atoms with Crippen LogP contribution in [0.15, 0.2) is 0 Å². The van der Waals surface area contributed by atoms with Crippen LogP contribution in [0.3, 0.4) is 0 Å². The molecule has 0 aromatic heterocycles. The molecule has 0 saturated carbocycles. The average molecular weight is 162 g/mol. The lowest BCUT2D eigenvalue weighted by atomic mass is 10.0. The molecule has 66 valence electrons. The van der Waals surface area contributed by atoms with Gasteiger partial charge in [-0.05, 0) is 6.42 Å². The maximum atomic E-state index is 9.16. The molecule has 11 heavy (non-hydrogen) atoms. The summed E-state index contributed by atoms with van der Waals surface area (Å²) in [5, 5.41) is 27.2. The van der Waals surface area contributed by atoms with Gasteiger partial charge in [-0.2, -0.15) is 0 Å². The number of ether oxygens (including phenoxy) is 1. The monoisotopic (exact) mass is 162 g/mol. The van der Waals surface area contributed by atoms with Crippen LogP contribution in [0.1, 0.15) is 19.8 Å². The normalized spacial score (nSPS) is 45.8. The van der Waals surface area contributed by atoms with E-state index in [0.29, 0.717) is 6.42 Å². The van der Waals surface area contributed by atoms with E-state index in [1.807, 2.05) is 6.92 Å². The van der Waals surface area contributed by atoms with E-state index < -0.39 is 18.5 Å². The molecule has 4 heteroatoms. The summed E-state index contributed by atoms with van der Waals surface area (Å²) in [5.41, 5.74) is 0. The van der Waals surface area contributed by atoms with Crippen LogP contribution in [0.5, 0.6) is 0 Å². The van der Waals surface area contributed by atoms with Crippen LogP contribution >= 0.6 is 0 Å². The molecule has 1 saturated heterocycles. The summed E-state index contributed by atoms with van der Waals surface area (Å²) in [7, 11) is 0. The summed E-state index contributed by atoms with van der Waals surface area (Å²) in [6.07, 6.45) is -2.25. The second kappa shape index (κ2) is 3.49. The highest BCUT2D eigenvalue weighted by molar-refractivity contribution is 4.79. The molecule has 0 amide bonds. The Bertz CT molecular complexity index is 116. The van der Waals surface area contributed by atoms with Crippen molar-refractivity contribution in [1.29, 1.82) is 0 Å². The first-order chi connectivity index (χ1) is 5.15. The molecule has 1 aliphatic rings. The van der Waals surface area contributed by atoms with Crippen molar-refractivity contribution in [1.82, 2.24) is 0 Å². The molecule has 3 N–H and O–H groups in total. The lowest BCUT2D eigenvalue weighted by molar-refractivity contribution is -0.246. The van der Waals surface area contributed by atoms with E-state index in [1.165, 1.54) is 0 Å². The molecule has 1 aliphatic heterocycles. The van der Waals surface area contributed by atoms with E-state index in [2.05, 4.69) is 0 Å². The van der Waals surface area contributed by atoms with Crippen LogP contribution < -0.4 is 0 Å². The summed E-state index contributed by atoms with van der Waals surface area (Å²) in [5.74, 6) is 0. The van der Waals surface area contributed by atoms with E-state index in [1.54, 1.807) is 0 Å². The van der Waals surface area contributed by atoms with Crippen molar-refractivity contribution in [3.8, 4) is 0 Å². The fraction of sp³-hybridized carbons (Fsp3) is 1.00. The van der Waals surface area contributed by atoms with Gasteiger partial charge in [0.15, 0.2) is 6.29 Å². The molecule has 0 aliphatic carbocycles. The Morgan fingerprint density at radius 2 is 2.00 bits per heavy atom. The van der Waals surface area contributed by atoms with Gasteiger partial charge in [0.05, 0.1) is 12.2 Å². The first-order valence-electron chi connectivity index (χ1n) is 3.84. The van der Waals surface area contributed by atoms with Crippen molar-refractivity contribution in [2.24, 2.45) is 0 Å². The van der Waals surface area contributed by atoms with Crippen molar-refractivity contribution in [3.63, 3.8) is 0 Å². The van der Waals surface area contributed by atoms with Crippen molar-refractivity contribution in [2.75, 3.05) is 0 Å². The molecule has 1 rings (SSSR count). The summed E-state index contributed by atoms with van der Waals surface area (Å²) in [6.45, 7) is 1.90. The van der Waals surface area contributed by atoms with E-state index in [0.717, 1.165) is 6.42 Å². The van der Waals surface area contributed by atoms with Crippen LogP contribution in [0.4, 0.5) is 0 Å². The summed E-state index contributed by atoms with van der Waals surface area (Å²) < 4.78 is 4.96. The molecular formula is C7H14O4. The zero-order valence-electron chi connectivity index (χ0n) is 6.47. The molecule has 4 nitrogen and oxygen atoms in total. The minimum atomic E-state index is -1.23. The second-order valence-electron chi connectivity index (χ2n) is 2.85. The first-order valence-corrected chi connectivity index (χ1v) is 3.84. The van der Waals surface area contributed by atoms with Gasteiger partial charge in [-0.1, -0.05) is 6.92 Å². The number of rotatable bonds is 1. The third kappa shape index (κ3) is 1.90. The Hall–Kier alpha value is -0.160. The lowest BCUT2D eigenvalue weighted by Gasteiger charge is -2.33. The topological polar surface area (TPSA) is 69.9 Å². The van der Waals surface area contributed by atoms with Gasteiger partial charge in [0.2, 0.25) is 0 Å². The maximum Gasteiger partial charge on any atom is 0.183 e. The van der Waals surface area contributed by atoms with Crippen molar-refractivity contribution >= 4 is 0 Å². The quantitative estimate of drug-likeness (QED) is 0.473. The van der Waals surface area contributed by atoms with Gasteiger partial charge in [0.1, 0.15) is 6.10 Å². The highest BCUT2D eigenvalue weighted by atomic mass is 16.6. The van der Waals surface area contributed by atoms with Gasteiger partial charge in [-0.25, -0.2) is 0 Å². The van der Waals surface area contributed by atoms with Gasteiger partial charge >= 0.3 is 0 Å². The van der Waals surface area contributed by atoms with E-state index >= 15 is 0 Å². The van der Waals surface area contributed by atoms with Gasteiger partial charge < -0.3 is 20.1 Å². The molecule has 0 radical (unpaired) electrons. The van der Waals surface area contributed by atoms with Crippen LogP contribution in [0.2, 0.25) is 0 Å². The first kappa shape index (κ1) is 8.93. The van der Waals surface area contributed by atoms with Gasteiger partial charge in [0, 0.05) is 6.42 Å². The van der Waals surface area contributed by atoms with Crippen molar-refractivity contribution < 1.29 is 20.1 Å². The Balaban J connectivity index is 2.47. The molecule has 1 fully saturated rings. The van der Waals surface area contributed by atoms with Crippen LogP contribution in [-0.4, -0.2) is 39.9 Å². The third-order valence-electron chi connectivity index (χ3n) is 1.98. The SMILES string of the molecule is CC[C@@H]1C[C@@H](O)[C@@H](O)C(O)O1. The second-order valence-corrected chi connectivity index (χ2v) is 2.85. The fourth-order valence-corrected chi connectivity index (χ4v) is 1.19. The van der Waals surface area contributed by atoms with E-state index in [-0.39, 0.29) is 6.10 Å². The van der Waals surface area contributed by atoms with Crippen LogP contribution in [-0.2, 0) is 4.74 Å². The maximum absolute atomic E-state index is 9.16. The molecule has 0 aromatic carbocycles. The average Bonchev–Trinajstić information content (AvgIpc) is 1.99. The number of aliphatic hydroxyl groups excluding tert-OH is 3. The Morgan fingerprint density at radius 3 is 2.45 bits per heavy atom. The predicted molar refractivity (Wildman–Crippen MR) is 37.8 cm³/mol. The molecule has 0 bridgehead atoms. The van der Waals surface area contributed by atoms with E-state index in [9.17, 15) is 0 Å². The highest BCUT2D eigenvalue weighted by Crippen LogP contribution is 2.20. The third-order valence-corrected chi connectivity index (χ3v) is 1.98. The molecule has 1 heterocycles. The van der Waals surface area contributed by atoms with Gasteiger partial charge in [0.25, 0.3) is 0 Å². The summed E-state index contributed by atoms with van der Waals surface area (Å²) in [4.78, 5) is 0. The zero-order valence-corrected chi connectivity index (χ0v) is 6.47. The Kier molecular flexibility index (Phi) is 2.84. The van der Waals surface area contributed by atoms with E-state index in [4.69, 9.17) is 20.1 Å². The Morgan fingerprint density at radius 1 is 1.36 bits per heavy atom. The largest absolute Gasteiger partial charge is 0.390 e. The molecule has 0 aromatic rings. The lowest BCUT2D eigenvalue weighted by Crippen LogP contribution is -2.47. The number of hydrogen-bond acceptors (Lipinski definition) is 4. The summed E-state index contributed by atoms with van der Waals surface area (Å²) in [6, 6.07) is 0. The standard InChI is InChI=1S/C7H14O4/c1-2-4-3-5(8)6(9)7(10)11-4/h4-10H,2-3H2,1H3/t4-,5-,6-,7?/m1/s1. The van der Waals surface area contributed by atoms with Gasteiger partial charge in [-0.3, -0.25) is 0 Å². The zero-order chi connectivity index (χ0) is 8.43. The molecule has 0 spiro atoms. The molecular weight excluding hydrogens is 148 g/mol. The molecule has 4 atom stereocenters. The van der Waals surface area contributed by atoms with Crippen LogP contribution in [0.25, 0.3) is 0 Å². The number of hydrogen-bond donors (Lipinski definition) is 3.